The van der Waals surface area contributed by atoms with Gasteiger partial charge in [0.1, 0.15) is 5.75 Å². The summed E-state index contributed by atoms with van der Waals surface area (Å²) in [6.07, 6.45) is 1.69. The first kappa shape index (κ1) is 20.2. The van der Waals surface area contributed by atoms with Crippen LogP contribution in [0.2, 0.25) is 0 Å². The van der Waals surface area contributed by atoms with Crippen LogP contribution in [0.3, 0.4) is 0 Å². The van der Waals surface area contributed by atoms with E-state index in [4.69, 9.17) is 4.74 Å². The molecule has 0 bridgehead atoms. The number of nitrogens with one attached hydrogen (secondary N) is 1. The Kier molecular flexibility index (Phi) is 6.53. The van der Waals surface area contributed by atoms with Crippen molar-refractivity contribution < 1.29 is 19.1 Å². The highest BCUT2D eigenvalue weighted by molar-refractivity contribution is 9.10. The molecular weight excluding hydrogens is 444 g/mol. The molecule has 0 aromatic heterocycles. The first-order chi connectivity index (χ1) is 13.5. The number of thioether (sulfide) groups is 1. The Labute approximate surface area is 175 Å². The van der Waals surface area contributed by atoms with Crippen molar-refractivity contribution in [2.45, 2.75) is 6.42 Å². The van der Waals surface area contributed by atoms with E-state index in [1.54, 1.807) is 49.6 Å². The molecular formula is C20H17BrN2O4S. The maximum absolute atomic E-state index is 12.5. The van der Waals surface area contributed by atoms with E-state index in [0.29, 0.717) is 16.3 Å². The number of rotatable bonds is 6. The van der Waals surface area contributed by atoms with Crippen molar-refractivity contribution >= 4 is 56.5 Å². The third-order valence-corrected chi connectivity index (χ3v) is 5.41. The lowest BCUT2D eigenvalue weighted by Crippen LogP contribution is -2.31. The Balaban J connectivity index is 1.59. The number of nitrogens with zero attached hydrogens (tertiary/aromatic N) is 1. The first-order valence-electron chi connectivity index (χ1n) is 8.41. The molecule has 0 radical (unpaired) electrons. The van der Waals surface area contributed by atoms with E-state index in [9.17, 15) is 14.4 Å². The van der Waals surface area contributed by atoms with E-state index < -0.39 is 0 Å². The summed E-state index contributed by atoms with van der Waals surface area (Å²) in [4.78, 5) is 38.2. The summed E-state index contributed by atoms with van der Waals surface area (Å²) in [5.74, 6) is 0.0600. The van der Waals surface area contributed by atoms with E-state index in [-0.39, 0.29) is 30.0 Å². The molecule has 0 unspecified atom stereocenters. The van der Waals surface area contributed by atoms with Crippen molar-refractivity contribution in [2.75, 3.05) is 19.0 Å². The third-order valence-electron chi connectivity index (χ3n) is 3.98. The molecule has 1 aliphatic heterocycles. The van der Waals surface area contributed by atoms with Crippen molar-refractivity contribution in [3.63, 3.8) is 0 Å². The van der Waals surface area contributed by atoms with Gasteiger partial charge in [-0.2, -0.15) is 0 Å². The van der Waals surface area contributed by atoms with Gasteiger partial charge in [-0.25, -0.2) is 0 Å². The summed E-state index contributed by atoms with van der Waals surface area (Å²) in [5.41, 5.74) is 1.45. The summed E-state index contributed by atoms with van der Waals surface area (Å²) in [5, 5.41) is 2.37. The van der Waals surface area contributed by atoms with Gasteiger partial charge in [0, 0.05) is 23.1 Å². The molecule has 3 rings (SSSR count). The molecule has 144 valence electrons. The number of halogens is 1. The van der Waals surface area contributed by atoms with Crippen molar-refractivity contribution in [3.8, 4) is 5.75 Å². The van der Waals surface area contributed by atoms with E-state index in [2.05, 4.69) is 21.2 Å². The Bertz CT molecular complexity index is 926. The summed E-state index contributed by atoms with van der Waals surface area (Å²) < 4.78 is 6.01. The molecule has 0 saturated carbocycles. The minimum absolute atomic E-state index is 0.0317. The number of hydrogen-bond donors (Lipinski definition) is 1. The topological polar surface area (TPSA) is 75.7 Å². The lowest BCUT2D eigenvalue weighted by Gasteiger charge is -2.12. The highest BCUT2D eigenvalue weighted by atomic mass is 79.9. The number of methoxy groups -OCH3 is 1. The molecule has 8 heteroatoms. The zero-order valence-electron chi connectivity index (χ0n) is 15.0. The quantitative estimate of drug-likeness (QED) is 0.641. The molecule has 0 atom stereocenters. The van der Waals surface area contributed by atoms with Gasteiger partial charge in [-0.3, -0.25) is 19.3 Å². The number of hydrogen-bond acceptors (Lipinski definition) is 5. The van der Waals surface area contributed by atoms with Crippen LogP contribution in [0.25, 0.3) is 6.08 Å². The molecule has 28 heavy (non-hydrogen) atoms. The van der Waals surface area contributed by atoms with Crippen molar-refractivity contribution in [1.82, 2.24) is 4.90 Å². The SMILES string of the molecule is COc1ccc(/C=C2\SC(=O)N(CCC(=O)Nc3ccc(Br)cc3)C2=O)cc1. The van der Waals surface area contributed by atoms with Gasteiger partial charge < -0.3 is 10.1 Å². The second-order valence-electron chi connectivity index (χ2n) is 5.91. The van der Waals surface area contributed by atoms with Gasteiger partial charge in [-0.05, 0) is 59.8 Å². The van der Waals surface area contributed by atoms with Gasteiger partial charge in [-0.15, -0.1) is 0 Å². The Hall–Kier alpha value is -2.58. The normalized spacial score (nSPS) is 15.2. The van der Waals surface area contributed by atoms with Crippen LogP contribution in [0, 0.1) is 0 Å². The van der Waals surface area contributed by atoms with Crippen molar-refractivity contribution in [1.29, 1.82) is 0 Å². The summed E-state index contributed by atoms with van der Waals surface area (Å²) in [6.45, 7) is 0.0347. The number of carbonyl (C=O) groups excluding carboxylic acids is 3. The van der Waals surface area contributed by atoms with Gasteiger partial charge in [0.2, 0.25) is 5.91 Å². The number of amides is 3. The zero-order valence-corrected chi connectivity index (χ0v) is 17.4. The Morgan fingerprint density at radius 1 is 1.14 bits per heavy atom. The van der Waals surface area contributed by atoms with Gasteiger partial charge >= 0.3 is 0 Å². The van der Waals surface area contributed by atoms with Crippen LogP contribution < -0.4 is 10.1 Å². The number of ether oxygens (including phenoxy) is 1. The predicted molar refractivity (Wildman–Crippen MR) is 113 cm³/mol. The fourth-order valence-corrected chi connectivity index (χ4v) is 3.64. The smallest absolute Gasteiger partial charge is 0.293 e. The van der Waals surface area contributed by atoms with Crippen LogP contribution >= 0.6 is 27.7 Å². The lowest BCUT2D eigenvalue weighted by molar-refractivity contribution is -0.123. The number of anilines is 1. The van der Waals surface area contributed by atoms with Crippen LogP contribution in [0.4, 0.5) is 10.5 Å². The van der Waals surface area contributed by atoms with E-state index in [1.165, 1.54) is 0 Å². The van der Waals surface area contributed by atoms with E-state index in [1.807, 2.05) is 12.1 Å². The van der Waals surface area contributed by atoms with Gasteiger partial charge in [0.25, 0.3) is 11.1 Å². The molecule has 1 N–H and O–H groups in total. The maximum atomic E-state index is 12.5. The van der Waals surface area contributed by atoms with Gasteiger partial charge in [0.05, 0.1) is 12.0 Å². The van der Waals surface area contributed by atoms with Crippen molar-refractivity contribution in [2.24, 2.45) is 0 Å². The molecule has 6 nitrogen and oxygen atoms in total. The van der Waals surface area contributed by atoms with Crippen LogP contribution in [0.15, 0.2) is 57.9 Å². The predicted octanol–water partition coefficient (Wildman–Crippen LogP) is 4.52. The molecule has 3 amide bonds. The zero-order chi connectivity index (χ0) is 20.1. The molecule has 1 aliphatic rings. The Morgan fingerprint density at radius 2 is 1.82 bits per heavy atom. The van der Waals surface area contributed by atoms with E-state index in [0.717, 1.165) is 26.7 Å². The highest BCUT2D eigenvalue weighted by Gasteiger charge is 2.35. The highest BCUT2D eigenvalue weighted by Crippen LogP contribution is 2.32. The van der Waals surface area contributed by atoms with Crippen LogP contribution in [0.1, 0.15) is 12.0 Å². The first-order valence-corrected chi connectivity index (χ1v) is 10.0. The summed E-state index contributed by atoms with van der Waals surface area (Å²) >= 11 is 4.20. The molecule has 0 aliphatic carbocycles. The molecule has 2 aromatic rings. The average molecular weight is 461 g/mol. The molecule has 0 spiro atoms. The third kappa shape index (κ3) is 5.02. The average Bonchev–Trinajstić information content (AvgIpc) is 2.95. The minimum Gasteiger partial charge on any atom is -0.497 e. The van der Waals surface area contributed by atoms with Crippen LogP contribution in [-0.4, -0.2) is 35.6 Å². The van der Waals surface area contributed by atoms with E-state index >= 15 is 0 Å². The molecule has 2 aromatic carbocycles. The minimum atomic E-state index is -0.387. The molecule has 1 saturated heterocycles. The number of benzene rings is 2. The summed E-state index contributed by atoms with van der Waals surface area (Å²) in [7, 11) is 1.58. The standard InChI is InChI=1S/C20H17BrN2O4S/c1-27-16-8-2-13(3-9-16)12-17-19(25)23(20(26)28-17)11-10-18(24)22-15-6-4-14(21)5-7-15/h2-9,12H,10-11H2,1H3,(H,22,24)/b17-12-. The van der Waals surface area contributed by atoms with Crippen LogP contribution in [-0.2, 0) is 9.59 Å². The van der Waals surface area contributed by atoms with Gasteiger partial charge in [0.15, 0.2) is 0 Å². The molecule has 1 fully saturated rings. The summed E-state index contributed by atoms with van der Waals surface area (Å²) in [6, 6.07) is 14.3. The maximum Gasteiger partial charge on any atom is 0.293 e. The fraction of sp³-hybridized carbons (Fsp3) is 0.150. The van der Waals surface area contributed by atoms with Gasteiger partial charge in [-0.1, -0.05) is 28.1 Å². The monoisotopic (exact) mass is 460 g/mol. The Morgan fingerprint density at radius 3 is 2.46 bits per heavy atom. The lowest BCUT2D eigenvalue weighted by atomic mass is 10.2. The van der Waals surface area contributed by atoms with Crippen molar-refractivity contribution in [3.05, 3.63) is 63.5 Å². The second kappa shape index (κ2) is 9.07. The number of imide groups is 1. The molecule has 1 heterocycles. The number of carbonyl (C=O) groups is 3. The largest absolute Gasteiger partial charge is 0.497 e. The second-order valence-corrected chi connectivity index (χ2v) is 7.82. The fourth-order valence-electron chi connectivity index (χ4n) is 2.51. The van der Waals surface area contributed by atoms with Crippen LogP contribution in [0.5, 0.6) is 5.75 Å².